The third-order valence-electron chi connectivity index (χ3n) is 4.15. The summed E-state index contributed by atoms with van der Waals surface area (Å²) in [4.78, 5) is 26.2. The summed E-state index contributed by atoms with van der Waals surface area (Å²) < 4.78 is 0. The van der Waals surface area contributed by atoms with Crippen LogP contribution in [0.15, 0.2) is 18.2 Å². The van der Waals surface area contributed by atoms with Crippen LogP contribution in [0.1, 0.15) is 26.7 Å². The third-order valence-corrected chi connectivity index (χ3v) is 4.78. The number of anilines is 1. The first kappa shape index (κ1) is 19.7. The number of hydrogen-bond acceptors (Lipinski definition) is 3. The van der Waals surface area contributed by atoms with Crippen LogP contribution < -0.4 is 11.1 Å². The van der Waals surface area contributed by atoms with E-state index in [1.165, 1.54) is 4.90 Å². The van der Waals surface area contributed by atoms with E-state index in [2.05, 4.69) is 5.32 Å². The van der Waals surface area contributed by atoms with Gasteiger partial charge in [0.2, 0.25) is 11.8 Å². The Kier molecular flexibility index (Phi) is 7.32. The highest BCUT2D eigenvalue weighted by Gasteiger charge is 2.36. The van der Waals surface area contributed by atoms with Gasteiger partial charge in [-0.15, -0.1) is 0 Å². The highest BCUT2D eigenvalue weighted by atomic mass is 35.5. The Morgan fingerprint density at radius 3 is 2.17 bits per heavy atom. The topological polar surface area (TPSA) is 75.4 Å². The molecule has 3 N–H and O–H groups in total. The van der Waals surface area contributed by atoms with Crippen molar-refractivity contribution in [3.63, 3.8) is 0 Å². The van der Waals surface area contributed by atoms with E-state index in [0.717, 1.165) is 0 Å². The molecule has 5 nitrogen and oxygen atoms in total. The zero-order valence-electron chi connectivity index (χ0n) is 13.7. The molecule has 7 heteroatoms. The Morgan fingerprint density at radius 2 is 1.74 bits per heavy atom. The fourth-order valence-electron chi connectivity index (χ4n) is 2.42. The van der Waals surface area contributed by atoms with Gasteiger partial charge in [-0.3, -0.25) is 9.59 Å². The van der Waals surface area contributed by atoms with Gasteiger partial charge in [-0.1, -0.05) is 43.1 Å². The van der Waals surface area contributed by atoms with Crippen LogP contribution in [-0.2, 0) is 9.59 Å². The Balaban J connectivity index is 2.79. The highest BCUT2D eigenvalue weighted by molar-refractivity contribution is 6.39. The van der Waals surface area contributed by atoms with Crippen molar-refractivity contribution in [1.82, 2.24) is 4.90 Å². The van der Waals surface area contributed by atoms with E-state index < -0.39 is 5.41 Å². The van der Waals surface area contributed by atoms with Crippen LogP contribution in [0.5, 0.6) is 0 Å². The number of benzene rings is 1. The molecule has 23 heavy (non-hydrogen) atoms. The fourth-order valence-corrected chi connectivity index (χ4v) is 2.91. The summed E-state index contributed by atoms with van der Waals surface area (Å²) in [5.74, 6) is -0.501. The van der Waals surface area contributed by atoms with Crippen molar-refractivity contribution in [2.24, 2.45) is 11.1 Å². The summed E-state index contributed by atoms with van der Waals surface area (Å²) in [5.41, 5.74) is 5.50. The number of rotatable bonds is 7. The van der Waals surface area contributed by atoms with Crippen molar-refractivity contribution in [2.75, 3.05) is 25.5 Å². The minimum atomic E-state index is -0.628. The number of para-hydroxylation sites is 1. The van der Waals surface area contributed by atoms with Gasteiger partial charge in [0.15, 0.2) is 0 Å². The summed E-state index contributed by atoms with van der Waals surface area (Å²) >= 11 is 12.0. The number of nitrogens with two attached hydrogens (primary N) is 1. The van der Waals surface area contributed by atoms with E-state index >= 15 is 0 Å². The molecule has 0 atom stereocenters. The summed E-state index contributed by atoms with van der Waals surface area (Å²) in [6.07, 6.45) is 1.25. The van der Waals surface area contributed by atoms with E-state index in [0.29, 0.717) is 28.6 Å². The van der Waals surface area contributed by atoms with Crippen molar-refractivity contribution < 1.29 is 9.59 Å². The molecule has 2 amide bonds. The molecule has 0 spiro atoms. The monoisotopic (exact) mass is 359 g/mol. The molecular weight excluding hydrogens is 337 g/mol. The number of carbonyl (C=O) groups excluding carboxylic acids is 2. The number of likely N-dealkylation sites (N-methyl/N-ethyl adjacent to an activating group) is 1. The number of hydrogen-bond donors (Lipinski definition) is 2. The minimum absolute atomic E-state index is 0.0951. The second-order valence-corrected chi connectivity index (χ2v) is 6.31. The van der Waals surface area contributed by atoms with Crippen molar-refractivity contribution in [2.45, 2.75) is 26.7 Å². The Hall–Kier alpha value is -1.30. The summed E-state index contributed by atoms with van der Waals surface area (Å²) in [6.45, 7) is 4.00. The summed E-state index contributed by atoms with van der Waals surface area (Å²) in [5, 5.41) is 3.33. The zero-order valence-corrected chi connectivity index (χ0v) is 15.2. The van der Waals surface area contributed by atoms with Crippen LogP contribution >= 0.6 is 23.2 Å². The predicted molar refractivity (Wildman–Crippen MR) is 94.8 cm³/mol. The van der Waals surface area contributed by atoms with Gasteiger partial charge in [-0.25, -0.2) is 0 Å². The maximum absolute atomic E-state index is 12.6. The molecule has 0 aliphatic rings. The lowest BCUT2D eigenvalue weighted by Crippen LogP contribution is -2.48. The molecule has 0 fully saturated rings. The third kappa shape index (κ3) is 4.59. The van der Waals surface area contributed by atoms with Crippen LogP contribution in [-0.4, -0.2) is 36.9 Å². The zero-order chi connectivity index (χ0) is 17.6. The van der Waals surface area contributed by atoms with E-state index in [4.69, 9.17) is 28.9 Å². The van der Waals surface area contributed by atoms with Gasteiger partial charge < -0.3 is 16.0 Å². The Morgan fingerprint density at radius 1 is 1.22 bits per heavy atom. The first-order valence-electron chi connectivity index (χ1n) is 7.50. The molecule has 0 aliphatic heterocycles. The van der Waals surface area contributed by atoms with E-state index in [9.17, 15) is 9.59 Å². The molecule has 128 valence electrons. The van der Waals surface area contributed by atoms with Crippen LogP contribution in [0.25, 0.3) is 0 Å². The lowest BCUT2D eigenvalue weighted by molar-refractivity contribution is -0.142. The first-order valence-corrected chi connectivity index (χ1v) is 8.26. The second kappa shape index (κ2) is 8.52. The Labute approximate surface area is 147 Å². The molecule has 1 aromatic rings. The molecule has 1 rings (SSSR count). The maximum Gasteiger partial charge on any atom is 0.244 e. The minimum Gasteiger partial charge on any atom is -0.336 e. The van der Waals surface area contributed by atoms with Crippen LogP contribution in [0.4, 0.5) is 5.69 Å². The van der Waals surface area contributed by atoms with Crippen molar-refractivity contribution in [1.29, 1.82) is 0 Å². The van der Waals surface area contributed by atoms with Gasteiger partial charge in [0, 0.05) is 13.6 Å². The lowest BCUT2D eigenvalue weighted by atomic mass is 9.81. The highest BCUT2D eigenvalue weighted by Crippen LogP contribution is 2.30. The van der Waals surface area contributed by atoms with Gasteiger partial charge >= 0.3 is 0 Å². The number of nitrogens with one attached hydrogen (secondary N) is 1. The molecular formula is C16H23Cl2N3O2. The quantitative estimate of drug-likeness (QED) is 0.784. The van der Waals surface area contributed by atoms with E-state index in [1.807, 2.05) is 13.8 Å². The van der Waals surface area contributed by atoms with Gasteiger partial charge in [0.25, 0.3) is 0 Å². The standard InChI is InChI=1S/C16H23Cl2N3O2/c1-4-16(5-2,10-19)15(23)21(3)9-13(22)20-14-11(17)7-6-8-12(14)18/h6-8H,4-5,9-10,19H2,1-3H3,(H,20,22). The van der Waals surface area contributed by atoms with Crippen LogP contribution in [0.3, 0.4) is 0 Å². The van der Waals surface area contributed by atoms with E-state index in [1.54, 1.807) is 25.2 Å². The normalized spacial score (nSPS) is 11.2. The van der Waals surface area contributed by atoms with Gasteiger partial charge in [0.1, 0.15) is 0 Å². The SMILES string of the molecule is CCC(CC)(CN)C(=O)N(C)CC(=O)Nc1c(Cl)cccc1Cl. The first-order chi connectivity index (χ1) is 10.8. The van der Waals surface area contributed by atoms with Crippen molar-refractivity contribution in [3.8, 4) is 0 Å². The van der Waals surface area contributed by atoms with Crippen LogP contribution in [0.2, 0.25) is 10.0 Å². The van der Waals surface area contributed by atoms with Crippen molar-refractivity contribution >= 4 is 40.7 Å². The lowest BCUT2D eigenvalue weighted by Gasteiger charge is -2.33. The average molecular weight is 360 g/mol. The largest absolute Gasteiger partial charge is 0.336 e. The molecule has 0 aromatic heterocycles. The molecule has 0 unspecified atom stereocenters. The van der Waals surface area contributed by atoms with Crippen LogP contribution in [0, 0.1) is 5.41 Å². The average Bonchev–Trinajstić information content (AvgIpc) is 2.53. The molecule has 0 radical (unpaired) electrons. The van der Waals surface area contributed by atoms with Gasteiger partial charge in [-0.2, -0.15) is 0 Å². The maximum atomic E-state index is 12.6. The smallest absolute Gasteiger partial charge is 0.244 e. The van der Waals surface area contributed by atoms with Gasteiger partial charge in [0.05, 0.1) is 27.7 Å². The molecule has 0 heterocycles. The summed E-state index contributed by atoms with van der Waals surface area (Å²) in [7, 11) is 1.59. The van der Waals surface area contributed by atoms with E-state index in [-0.39, 0.29) is 24.9 Å². The number of nitrogens with zero attached hydrogens (tertiary/aromatic N) is 1. The molecule has 0 aliphatic carbocycles. The molecule has 0 saturated carbocycles. The molecule has 1 aromatic carbocycles. The Bertz CT molecular complexity index is 546. The molecule has 0 saturated heterocycles. The number of halogens is 2. The van der Waals surface area contributed by atoms with Gasteiger partial charge in [-0.05, 0) is 25.0 Å². The summed E-state index contributed by atoms with van der Waals surface area (Å²) in [6, 6.07) is 4.95. The predicted octanol–water partition coefficient (Wildman–Crippen LogP) is 3.16. The number of amides is 2. The number of carbonyl (C=O) groups is 2. The van der Waals surface area contributed by atoms with Crippen molar-refractivity contribution in [3.05, 3.63) is 28.2 Å². The molecule has 0 bridgehead atoms. The fraction of sp³-hybridized carbons (Fsp3) is 0.500. The second-order valence-electron chi connectivity index (χ2n) is 5.50.